The van der Waals surface area contributed by atoms with Crippen molar-refractivity contribution in [2.24, 2.45) is 0 Å². The number of likely N-dealkylation sites (tertiary alicyclic amines) is 1. The summed E-state index contributed by atoms with van der Waals surface area (Å²) in [6, 6.07) is 5.80. The number of nitrogens with two attached hydrogens (primary N) is 1. The average molecular weight is 329 g/mol. The smallest absolute Gasteiger partial charge is 0.390 e. The lowest BCUT2D eigenvalue weighted by molar-refractivity contribution is -0.138. The van der Waals surface area contributed by atoms with Crippen molar-refractivity contribution in [2.45, 2.75) is 31.4 Å². The van der Waals surface area contributed by atoms with Gasteiger partial charge in [0.2, 0.25) is 0 Å². The quantitative estimate of drug-likeness (QED) is 0.865. The van der Waals surface area contributed by atoms with Crippen molar-refractivity contribution >= 4 is 27.3 Å². The Balaban J connectivity index is 1.63. The highest BCUT2D eigenvalue weighted by molar-refractivity contribution is 7.13. The van der Waals surface area contributed by atoms with Gasteiger partial charge in [0.05, 0.1) is 16.8 Å². The summed E-state index contributed by atoms with van der Waals surface area (Å²) in [5.41, 5.74) is 7.58. The molecule has 0 bridgehead atoms. The van der Waals surface area contributed by atoms with Gasteiger partial charge in [-0.2, -0.15) is 17.5 Å². The second-order valence-electron chi connectivity index (χ2n) is 5.80. The third-order valence-electron chi connectivity index (χ3n) is 4.21. The Bertz CT molecular complexity index is 645. The number of nitrogens with zero attached hydrogens (tertiary/aromatic N) is 2. The number of halogens is 3. The van der Waals surface area contributed by atoms with Crippen molar-refractivity contribution in [3.63, 3.8) is 0 Å². The van der Waals surface area contributed by atoms with Crippen molar-refractivity contribution in [3.8, 4) is 0 Å². The molecule has 1 saturated heterocycles. The lowest BCUT2D eigenvalue weighted by Crippen LogP contribution is -2.35. The standard InChI is InChI=1S/C15H18F3N3S/c16-15(17,18)5-8-21-6-3-10(4-7-21)14-12-2-1-11(19)9-13(12)22-20-14/h1-2,9-10H,3-8,19H2. The molecule has 1 aliphatic rings. The highest BCUT2D eigenvalue weighted by atomic mass is 32.1. The van der Waals surface area contributed by atoms with Crippen LogP contribution in [0.25, 0.3) is 10.1 Å². The van der Waals surface area contributed by atoms with Gasteiger partial charge < -0.3 is 10.6 Å². The Morgan fingerprint density at radius 2 is 2.00 bits per heavy atom. The fourth-order valence-corrected chi connectivity index (χ4v) is 3.89. The minimum atomic E-state index is -4.07. The van der Waals surface area contributed by atoms with E-state index < -0.39 is 12.6 Å². The number of aromatic nitrogens is 1. The Morgan fingerprint density at radius 1 is 1.27 bits per heavy atom. The van der Waals surface area contributed by atoms with Crippen LogP contribution in [-0.4, -0.2) is 35.1 Å². The van der Waals surface area contributed by atoms with Gasteiger partial charge >= 0.3 is 6.18 Å². The molecule has 3 nitrogen and oxygen atoms in total. The van der Waals surface area contributed by atoms with E-state index in [1.807, 2.05) is 23.1 Å². The predicted molar refractivity (Wildman–Crippen MR) is 83.1 cm³/mol. The maximum absolute atomic E-state index is 12.3. The molecule has 1 fully saturated rings. The summed E-state index contributed by atoms with van der Waals surface area (Å²) in [6.45, 7) is 1.51. The summed E-state index contributed by atoms with van der Waals surface area (Å²) in [5.74, 6) is 0.333. The van der Waals surface area contributed by atoms with E-state index in [0.717, 1.165) is 34.3 Å². The first-order chi connectivity index (χ1) is 10.4. The van der Waals surface area contributed by atoms with E-state index in [1.165, 1.54) is 11.5 Å². The molecule has 1 aliphatic heterocycles. The molecule has 2 N–H and O–H groups in total. The fraction of sp³-hybridized carbons (Fsp3) is 0.533. The van der Waals surface area contributed by atoms with Crippen LogP contribution in [0.5, 0.6) is 0 Å². The molecule has 3 rings (SSSR count). The molecule has 1 aromatic heterocycles. The molecule has 22 heavy (non-hydrogen) atoms. The van der Waals surface area contributed by atoms with Crippen LogP contribution < -0.4 is 5.73 Å². The Kier molecular flexibility index (Phi) is 4.27. The van der Waals surface area contributed by atoms with Gasteiger partial charge in [-0.1, -0.05) is 0 Å². The lowest BCUT2D eigenvalue weighted by Gasteiger charge is -2.31. The van der Waals surface area contributed by atoms with E-state index in [4.69, 9.17) is 5.73 Å². The molecule has 120 valence electrons. The second-order valence-corrected chi connectivity index (χ2v) is 6.61. The summed E-state index contributed by atoms with van der Waals surface area (Å²) in [7, 11) is 0. The van der Waals surface area contributed by atoms with Crippen LogP contribution in [-0.2, 0) is 0 Å². The number of hydrogen-bond acceptors (Lipinski definition) is 4. The first-order valence-corrected chi connectivity index (χ1v) is 8.13. The first-order valence-electron chi connectivity index (χ1n) is 7.36. The summed E-state index contributed by atoms with van der Waals surface area (Å²) >= 11 is 1.44. The van der Waals surface area contributed by atoms with Crippen LogP contribution in [0.2, 0.25) is 0 Å². The van der Waals surface area contributed by atoms with Crippen molar-refractivity contribution in [3.05, 3.63) is 23.9 Å². The zero-order valence-electron chi connectivity index (χ0n) is 12.1. The molecule has 1 aromatic carbocycles. The highest BCUT2D eigenvalue weighted by Crippen LogP contribution is 2.35. The maximum Gasteiger partial charge on any atom is 0.390 e. The molecule has 2 aromatic rings. The number of hydrogen-bond donors (Lipinski definition) is 1. The largest absolute Gasteiger partial charge is 0.399 e. The van der Waals surface area contributed by atoms with Gasteiger partial charge in [-0.15, -0.1) is 0 Å². The fourth-order valence-electron chi connectivity index (χ4n) is 2.98. The summed E-state index contributed by atoms with van der Waals surface area (Å²) in [6.07, 6.45) is -3.07. The number of anilines is 1. The maximum atomic E-state index is 12.3. The molecule has 0 spiro atoms. The molecule has 0 unspecified atom stereocenters. The van der Waals surface area contributed by atoms with Gasteiger partial charge in [0.1, 0.15) is 0 Å². The summed E-state index contributed by atoms with van der Waals surface area (Å²) in [5, 5.41) is 1.13. The van der Waals surface area contributed by atoms with Crippen molar-refractivity contribution in [1.82, 2.24) is 9.27 Å². The van der Waals surface area contributed by atoms with Crippen LogP contribution in [0.15, 0.2) is 18.2 Å². The van der Waals surface area contributed by atoms with Crippen molar-refractivity contribution < 1.29 is 13.2 Å². The number of nitrogen functional groups attached to an aromatic ring is 1. The molecule has 0 aliphatic carbocycles. The van der Waals surface area contributed by atoms with Gasteiger partial charge in [-0.3, -0.25) is 0 Å². The number of alkyl halides is 3. The first kappa shape index (κ1) is 15.6. The predicted octanol–water partition coefficient (Wildman–Crippen LogP) is 4.01. The zero-order chi connectivity index (χ0) is 15.7. The SMILES string of the molecule is Nc1ccc2c(C3CCN(CCC(F)(F)F)CC3)nsc2c1. The summed E-state index contributed by atoms with van der Waals surface area (Å²) in [4.78, 5) is 1.90. The molecular formula is C15H18F3N3S. The van der Waals surface area contributed by atoms with Gasteiger partial charge in [-0.25, -0.2) is 0 Å². The third kappa shape index (κ3) is 3.52. The molecule has 0 amide bonds. The van der Waals surface area contributed by atoms with E-state index >= 15 is 0 Å². The van der Waals surface area contributed by atoms with E-state index in [0.29, 0.717) is 19.0 Å². The van der Waals surface area contributed by atoms with Crippen molar-refractivity contribution in [1.29, 1.82) is 0 Å². The molecule has 2 heterocycles. The molecule has 0 atom stereocenters. The van der Waals surface area contributed by atoms with Crippen LogP contribution >= 0.6 is 11.5 Å². The number of piperidine rings is 1. The Labute approximate surface area is 131 Å². The normalized spacial score (nSPS) is 18.1. The van der Waals surface area contributed by atoms with E-state index in [1.54, 1.807) is 0 Å². The van der Waals surface area contributed by atoms with Gasteiger partial charge in [0.15, 0.2) is 0 Å². The topological polar surface area (TPSA) is 42.1 Å². The number of rotatable bonds is 3. The average Bonchev–Trinajstić information content (AvgIpc) is 2.88. The van der Waals surface area contributed by atoms with E-state index in [-0.39, 0.29) is 6.54 Å². The van der Waals surface area contributed by atoms with Crippen LogP contribution in [0, 0.1) is 0 Å². The van der Waals surface area contributed by atoms with Crippen LogP contribution in [0.3, 0.4) is 0 Å². The second kappa shape index (κ2) is 6.04. The Morgan fingerprint density at radius 3 is 2.68 bits per heavy atom. The highest BCUT2D eigenvalue weighted by Gasteiger charge is 2.30. The van der Waals surface area contributed by atoms with E-state index in [2.05, 4.69) is 4.37 Å². The molecule has 0 saturated carbocycles. The molecular weight excluding hydrogens is 311 g/mol. The van der Waals surface area contributed by atoms with Gasteiger partial charge in [-0.05, 0) is 55.7 Å². The summed E-state index contributed by atoms with van der Waals surface area (Å²) < 4.78 is 42.5. The lowest BCUT2D eigenvalue weighted by atomic mass is 9.91. The molecule has 7 heteroatoms. The molecule has 0 radical (unpaired) electrons. The number of benzene rings is 1. The van der Waals surface area contributed by atoms with Crippen LogP contribution in [0.1, 0.15) is 30.9 Å². The van der Waals surface area contributed by atoms with Crippen LogP contribution in [0.4, 0.5) is 18.9 Å². The zero-order valence-corrected chi connectivity index (χ0v) is 12.9. The minimum absolute atomic E-state index is 0.102. The van der Waals surface area contributed by atoms with Gasteiger partial charge in [0.25, 0.3) is 0 Å². The third-order valence-corrected chi connectivity index (χ3v) is 5.03. The monoisotopic (exact) mass is 329 g/mol. The Hall–Kier alpha value is -1.34. The van der Waals surface area contributed by atoms with Crippen molar-refractivity contribution in [2.75, 3.05) is 25.4 Å². The van der Waals surface area contributed by atoms with E-state index in [9.17, 15) is 13.2 Å². The number of fused-ring (bicyclic) bond motifs is 1. The van der Waals surface area contributed by atoms with Gasteiger partial charge in [0, 0.05) is 23.5 Å². The minimum Gasteiger partial charge on any atom is -0.399 e.